The quantitative estimate of drug-likeness (QED) is 0.490. The van der Waals surface area contributed by atoms with Gasteiger partial charge in [0, 0.05) is 18.3 Å². The Morgan fingerprint density at radius 2 is 1.87 bits per heavy atom. The standard InChI is InChI=1S/C22H25FN4O3S/c1-14(2)12-27-21(16-7-5-6-8-17(16)23)25-26-22(27)31-13-20(28)24-15-9-10-18(29-3)19(11-15)30-4/h5-11,14H,12-13H2,1-4H3,(H,24,28). The first kappa shape index (κ1) is 22.6. The lowest BCUT2D eigenvalue weighted by molar-refractivity contribution is -0.113. The summed E-state index contributed by atoms with van der Waals surface area (Å²) in [6.07, 6.45) is 0. The second kappa shape index (κ2) is 10.3. The number of rotatable bonds is 9. The highest BCUT2D eigenvalue weighted by molar-refractivity contribution is 7.99. The van der Waals surface area contributed by atoms with Crippen molar-refractivity contribution in [2.75, 3.05) is 25.3 Å². The molecule has 3 aromatic rings. The Hall–Kier alpha value is -3.07. The van der Waals surface area contributed by atoms with Crippen LogP contribution in [0.1, 0.15) is 13.8 Å². The SMILES string of the molecule is COc1ccc(NC(=O)CSc2nnc(-c3ccccc3F)n2CC(C)C)cc1OC. The van der Waals surface area contributed by atoms with E-state index in [2.05, 4.69) is 29.4 Å². The molecule has 31 heavy (non-hydrogen) atoms. The van der Waals surface area contributed by atoms with Gasteiger partial charge in [0.1, 0.15) is 5.82 Å². The zero-order valence-corrected chi connectivity index (χ0v) is 18.7. The van der Waals surface area contributed by atoms with E-state index in [4.69, 9.17) is 9.47 Å². The Morgan fingerprint density at radius 3 is 2.55 bits per heavy atom. The third kappa shape index (κ3) is 5.55. The van der Waals surface area contributed by atoms with Crippen LogP contribution in [0.3, 0.4) is 0 Å². The summed E-state index contributed by atoms with van der Waals surface area (Å²) in [5, 5.41) is 11.8. The van der Waals surface area contributed by atoms with E-state index in [-0.39, 0.29) is 17.5 Å². The Balaban J connectivity index is 1.74. The topological polar surface area (TPSA) is 78.3 Å². The summed E-state index contributed by atoms with van der Waals surface area (Å²) in [6, 6.07) is 11.6. The van der Waals surface area contributed by atoms with Crippen molar-refractivity contribution < 1.29 is 18.7 Å². The van der Waals surface area contributed by atoms with Gasteiger partial charge in [-0.15, -0.1) is 10.2 Å². The largest absolute Gasteiger partial charge is 0.493 e. The molecule has 0 saturated heterocycles. The maximum atomic E-state index is 14.3. The number of hydrogen-bond acceptors (Lipinski definition) is 6. The first-order chi connectivity index (χ1) is 14.9. The van der Waals surface area contributed by atoms with Gasteiger partial charge in [-0.2, -0.15) is 0 Å². The van der Waals surface area contributed by atoms with Crippen LogP contribution in [0.5, 0.6) is 11.5 Å². The van der Waals surface area contributed by atoms with Crippen molar-refractivity contribution in [3.63, 3.8) is 0 Å². The number of halogens is 1. The Morgan fingerprint density at radius 1 is 1.13 bits per heavy atom. The van der Waals surface area contributed by atoms with Crippen molar-refractivity contribution in [1.29, 1.82) is 0 Å². The molecule has 0 aliphatic rings. The van der Waals surface area contributed by atoms with Gasteiger partial charge in [0.25, 0.3) is 0 Å². The van der Waals surface area contributed by atoms with Crippen LogP contribution in [0, 0.1) is 11.7 Å². The van der Waals surface area contributed by atoms with Crippen LogP contribution in [-0.2, 0) is 11.3 Å². The fraction of sp³-hybridized carbons (Fsp3) is 0.318. The molecule has 0 aliphatic heterocycles. The number of amides is 1. The number of thioether (sulfide) groups is 1. The van der Waals surface area contributed by atoms with E-state index < -0.39 is 0 Å². The van der Waals surface area contributed by atoms with E-state index >= 15 is 0 Å². The van der Waals surface area contributed by atoms with Gasteiger partial charge >= 0.3 is 0 Å². The van der Waals surface area contributed by atoms with Gasteiger partial charge in [-0.3, -0.25) is 4.79 Å². The molecule has 0 fully saturated rings. The third-order valence-electron chi connectivity index (χ3n) is 4.38. The average Bonchev–Trinajstić information content (AvgIpc) is 3.14. The van der Waals surface area contributed by atoms with Crippen molar-refractivity contribution >= 4 is 23.4 Å². The maximum absolute atomic E-state index is 14.3. The van der Waals surface area contributed by atoms with E-state index in [1.54, 1.807) is 43.5 Å². The number of benzene rings is 2. The zero-order valence-electron chi connectivity index (χ0n) is 17.9. The number of ether oxygens (including phenoxy) is 2. The van der Waals surface area contributed by atoms with E-state index in [9.17, 15) is 9.18 Å². The summed E-state index contributed by atoms with van der Waals surface area (Å²) >= 11 is 1.25. The molecular weight excluding hydrogens is 419 g/mol. The van der Waals surface area contributed by atoms with Gasteiger partial charge in [0.2, 0.25) is 5.91 Å². The van der Waals surface area contributed by atoms with Gasteiger partial charge < -0.3 is 19.4 Å². The molecule has 7 nitrogen and oxygen atoms in total. The number of anilines is 1. The molecular formula is C22H25FN4O3S. The first-order valence-corrected chi connectivity index (χ1v) is 10.7. The Bertz CT molecular complexity index is 1050. The Kier molecular flexibility index (Phi) is 7.51. The molecule has 0 aliphatic carbocycles. The number of carbonyl (C=O) groups is 1. The number of methoxy groups -OCH3 is 2. The number of nitrogens with one attached hydrogen (secondary N) is 1. The van der Waals surface area contributed by atoms with Crippen molar-refractivity contribution in [2.24, 2.45) is 5.92 Å². The number of hydrogen-bond donors (Lipinski definition) is 1. The lowest BCUT2D eigenvalue weighted by Crippen LogP contribution is -2.15. The van der Waals surface area contributed by atoms with Gasteiger partial charge in [-0.25, -0.2) is 4.39 Å². The van der Waals surface area contributed by atoms with Crippen molar-refractivity contribution in [2.45, 2.75) is 25.5 Å². The number of nitrogens with zero attached hydrogens (tertiary/aromatic N) is 3. The number of carbonyl (C=O) groups excluding carboxylic acids is 1. The molecule has 1 aromatic heterocycles. The molecule has 0 spiro atoms. The van der Waals surface area contributed by atoms with Crippen LogP contribution in [-0.4, -0.2) is 40.6 Å². The third-order valence-corrected chi connectivity index (χ3v) is 5.35. The molecule has 0 atom stereocenters. The molecule has 3 rings (SSSR count). The smallest absolute Gasteiger partial charge is 0.234 e. The van der Waals surface area contributed by atoms with Crippen molar-refractivity contribution in [3.8, 4) is 22.9 Å². The van der Waals surface area contributed by atoms with Crippen LogP contribution in [0.15, 0.2) is 47.6 Å². The van der Waals surface area contributed by atoms with E-state index in [0.29, 0.717) is 46.2 Å². The summed E-state index contributed by atoms with van der Waals surface area (Å²) in [6.45, 7) is 4.73. The maximum Gasteiger partial charge on any atom is 0.234 e. The highest BCUT2D eigenvalue weighted by atomic mass is 32.2. The summed E-state index contributed by atoms with van der Waals surface area (Å²) < 4.78 is 26.6. The predicted octanol–water partition coefficient (Wildman–Crippen LogP) is 4.49. The van der Waals surface area contributed by atoms with Crippen molar-refractivity contribution in [1.82, 2.24) is 14.8 Å². The van der Waals surface area contributed by atoms with Crippen molar-refractivity contribution in [3.05, 3.63) is 48.3 Å². The van der Waals surface area contributed by atoms with Crippen LogP contribution in [0.4, 0.5) is 10.1 Å². The van der Waals surface area contributed by atoms with Crippen LogP contribution < -0.4 is 14.8 Å². The predicted molar refractivity (Wildman–Crippen MR) is 119 cm³/mol. The van der Waals surface area contributed by atoms with Crippen LogP contribution >= 0.6 is 11.8 Å². The summed E-state index contributed by atoms with van der Waals surface area (Å²) in [7, 11) is 3.09. The van der Waals surface area contributed by atoms with Gasteiger partial charge in [-0.1, -0.05) is 37.7 Å². The lowest BCUT2D eigenvalue weighted by Gasteiger charge is -2.13. The minimum Gasteiger partial charge on any atom is -0.493 e. The molecule has 0 saturated carbocycles. The van der Waals surface area contributed by atoms with Gasteiger partial charge in [0.15, 0.2) is 22.5 Å². The fourth-order valence-corrected chi connectivity index (χ4v) is 3.76. The molecule has 1 N–H and O–H groups in total. The highest BCUT2D eigenvalue weighted by Gasteiger charge is 2.19. The minimum atomic E-state index is -0.359. The highest BCUT2D eigenvalue weighted by Crippen LogP contribution is 2.30. The first-order valence-electron chi connectivity index (χ1n) is 9.75. The zero-order chi connectivity index (χ0) is 22.4. The molecule has 0 unspecified atom stereocenters. The monoisotopic (exact) mass is 444 g/mol. The summed E-state index contributed by atoms with van der Waals surface area (Å²) in [4.78, 5) is 12.5. The molecule has 0 radical (unpaired) electrons. The van der Waals surface area contributed by atoms with E-state index in [0.717, 1.165) is 0 Å². The van der Waals surface area contributed by atoms with Gasteiger partial charge in [0.05, 0.1) is 25.5 Å². The fourth-order valence-electron chi connectivity index (χ4n) is 3.01. The number of aromatic nitrogens is 3. The molecule has 1 heterocycles. The lowest BCUT2D eigenvalue weighted by atomic mass is 10.2. The Labute approximate surface area is 185 Å². The summed E-state index contributed by atoms with van der Waals surface area (Å²) in [5.74, 6) is 1.42. The molecule has 9 heteroatoms. The molecule has 2 aromatic carbocycles. The molecule has 1 amide bonds. The van der Waals surface area contributed by atoms with Gasteiger partial charge in [-0.05, 0) is 30.2 Å². The normalized spacial score (nSPS) is 10.9. The second-order valence-corrected chi connectivity index (χ2v) is 8.14. The average molecular weight is 445 g/mol. The van der Waals surface area contributed by atoms with Crippen LogP contribution in [0.2, 0.25) is 0 Å². The second-order valence-electron chi connectivity index (χ2n) is 7.20. The summed E-state index contributed by atoms with van der Waals surface area (Å²) in [5.41, 5.74) is 0.983. The minimum absolute atomic E-state index is 0.127. The van der Waals surface area contributed by atoms with E-state index in [1.807, 2.05) is 4.57 Å². The molecule has 0 bridgehead atoms. The molecule has 164 valence electrons. The van der Waals surface area contributed by atoms with Crippen LogP contribution in [0.25, 0.3) is 11.4 Å². The van der Waals surface area contributed by atoms with E-state index in [1.165, 1.54) is 24.9 Å².